The number of carboxylic acids is 1. The zero-order chi connectivity index (χ0) is 18.1. The molecular formula is C20H19NO4. The lowest BCUT2D eigenvalue weighted by molar-refractivity contribution is 0.0692. The van der Waals surface area contributed by atoms with Crippen molar-refractivity contribution in [3.8, 4) is 0 Å². The van der Waals surface area contributed by atoms with E-state index in [2.05, 4.69) is 17.0 Å². The second-order valence-corrected chi connectivity index (χ2v) is 6.18. The number of carbonyl (C=O) groups is 1. The summed E-state index contributed by atoms with van der Waals surface area (Å²) < 4.78 is 5.32. The fraction of sp³-hybridized carbons (Fsp3) is 0.200. The number of rotatable bonds is 4. The van der Waals surface area contributed by atoms with Gasteiger partial charge in [0.15, 0.2) is 0 Å². The van der Waals surface area contributed by atoms with Crippen LogP contribution in [-0.2, 0) is 6.54 Å². The molecule has 1 N–H and O–H groups in total. The van der Waals surface area contributed by atoms with Crippen molar-refractivity contribution < 1.29 is 14.3 Å². The summed E-state index contributed by atoms with van der Waals surface area (Å²) in [7, 11) is 1.98. The topological polar surface area (TPSA) is 70.7 Å². The molecule has 0 saturated heterocycles. The number of benzene rings is 2. The normalized spacial score (nSPS) is 10.8. The summed E-state index contributed by atoms with van der Waals surface area (Å²) in [5, 5.41) is 9.72. The van der Waals surface area contributed by atoms with E-state index in [-0.39, 0.29) is 5.56 Å². The van der Waals surface area contributed by atoms with Gasteiger partial charge in [-0.2, -0.15) is 0 Å². The molecular weight excluding hydrogens is 318 g/mol. The van der Waals surface area contributed by atoms with Crippen molar-refractivity contribution in [3.05, 3.63) is 75.1 Å². The van der Waals surface area contributed by atoms with Crippen LogP contribution < -0.4 is 10.5 Å². The van der Waals surface area contributed by atoms with Crippen LogP contribution in [0.15, 0.2) is 51.7 Å². The first-order valence-electron chi connectivity index (χ1n) is 7.95. The van der Waals surface area contributed by atoms with Crippen LogP contribution in [-0.4, -0.2) is 18.1 Å². The van der Waals surface area contributed by atoms with Gasteiger partial charge in [0.25, 0.3) is 0 Å². The van der Waals surface area contributed by atoms with E-state index in [0.29, 0.717) is 17.5 Å². The molecule has 2 aromatic carbocycles. The molecule has 0 aliphatic heterocycles. The molecule has 0 bridgehead atoms. The average Bonchev–Trinajstić information content (AvgIpc) is 2.56. The van der Waals surface area contributed by atoms with Crippen molar-refractivity contribution in [2.45, 2.75) is 20.4 Å². The van der Waals surface area contributed by atoms with Gasteiger partial charge in [0.05, 0.1) is 0 Å². The molecule has 0 fully saturated rings. The van der Waals surface area contributed by atoms with Gasteiger partial charge in [-0.05, 0) is 37.1 Å². The SMILES string of the molecule is Cc1cc2cc(C(=O)O)c(=O)oc2c(C)c1N(C)Cc1ccccc1. The van der Waals surface area contributed by atoms with Gasteiger partial charge in [0.1, 0.15) is 11.1 Å². The van der Waals surface area contributed by atoms with Gasteiger partial charge in [-0.3, -0.25) is 0 Å². The first kappa shape index (κ1) is 16.8. The molecule has 25 heavy (non-hydrogen) atoms. The van der Waals surface area contributed by atoms with Crippen LogP contribution in [0.1, 0.15) is 27.0 Å². The summed E-state index contributed by atoms with van der Waals surface area (Å²) in [5.41, 5.74) is 3.21. The lowest BCUT2D eigenvalue weighted by atomic mass is 10.0. The van der Waals surface area contributed by atoms with Crippen LogP contribution in [0.5, 0.6) is 0 Å². The third-order valence-electron chi connectivity index (χ3n) is 4.29. The minimum atomic E-state index is -1.28. The first-order chi connectivity index (χ1) is 11.9. The summed E-state index contributed by atoms with van der Waals surface area (Å²) in [6, 6.07) is 13.3. The van der Waals surface area contributed by atoms with Gasteiger partial charge < -0.3 is 14.4 Å². The molecule has 3 aromatic rings. The molecule has 1 aromatic heterocycles. The molecule has 0 aliphatic rings. The van der Waals surface area contributed by atoms with Crippen LogP contribution in [0.4, 0.5) is 5.69 Å². The lowest BCUT2D eigenvalue weighted by Gasteiger charge is -2.24. The Morgan fingerprint density at radius 1 is 1.16 bits per heavy atom. The molecule has 5 heteroatoms. The van der Waals surface area contributed by atoms with Gasteiger partial charge in [0.2, 0.25) is 0 Å². The number of aryl methyl sites for hydroxylation is 2. The average molecular weight is 337 g/mol. The van der Waals surface area contributed by atoms with Gasteiger partial charge >= 0.3 is 11.6 Å². The van der Waals surface area contributed by atoms with Crippen molar-refractivity contribution in [1.29, 1.82) is 0 Å². The third-order valence-corrected chi connectivity index (χ3v) is 4.29. The molecule has 0 aliphatic carbocycles. The Morgan fingerprint density at radius 2 is 1.84 bits per heavy atom. The van der Waals surface area contributed by atoms with E-state index < -0.39 is 11.6 Å². The third kappa shape index (κ3) is 3.13. The largest absolute Gasteiger partial charge is 0.477 e. The van der Waals surface area contributed by atoms with Crippen molar-refractivity contribution in [3.63, 3.8) is 0 Å². The molecule has 0 amide bonds. The highest BCUT2D eigenvalue weighted by Crippen LogP contribution is 2.32. The molecule has 1 heterocycles. The number of carboxylic acid groups (broad SMARTS) is 1. The van der Waals surface area contributed by atoms with Crippen LogP contribution in [0.2, 0.25) is 0 Å². The Bertz CT molecular complexity index is 1010. The highest BCUT2D eigenvalue weighted by atomic mass is 16.4. The minimum Gasteiger partial charge on any atom is -0.477 e. The Balaban J connectivity index is 2.11. The van der Waals surface area contributed by atoms with Crippen molar-refractivity contribution in [2.75, 3.05) is 11.9 Å². The van der Waals surface area contributed by atoms with E-state index in [1.54, 1.807) is 0 Å². The molecule has 0 atom stereocenters. The predicted octanol–water partition coefficient (Wildman–Crippen LogP) is 3.74. The summed E-state index contributed by atoms with van der Waals surface area (Å²) in [4.78, 5) is 25.2. The zero-order valence-corrected chi connectivity index (χ0v) is 14.4. The summed E-state index contributed by atoms with van der Waals surface area (Å²) in [6.07, 6.45) is 0. The molecule has 0 radical (unpaired) electrons. The second kappa shape index (κ2) is 6.43. The fourth-order valence-electron chi connectivity index (χ4n) is 3.26. The number of hydrogen-bond donors (Lipinski definition) is 1. The minimum absolute atomic E-state index is 0.350. The quantitative estimate of drug-likeness (QED) is 0.734. The standard InChI is InChI=1S/C20H19NO4/c1-12-9-15-10-16(19(22)23)20(24)25-18(15)13(2)17(12)21(3)11-14-7-5-4-6-8-14/h4-10H,11H2,1-3H3,(H,22,23). The maximum Gasteiger partial charge on any atom is 0.351 e. The Labute approximate surface area is 145 Å². The van der Waals surface area contributed by atoms with E-state index >= 15 is 0 Å². The van der Waals surface area contributed by atoms with E-state index in [1.807, 2.05) is 45.2 Å². The van der Waals surface area contributed by atoms with Crippen LogP contribution in [0, 0.1) is 13.8 Å². The monoisotopic (exact) mass is 337 g/mol. The number of hydrogen-bond acceptors (Lipinski definition) is 4. The molecule has 0 unspecified atom stereocenters. The van der Waals surface area contributed by atoms with E-state index in [0.717, 1.165) is 16.8 Å². The van der Waals surface area contributed by atoms with Gasteiger partial charge in [0, 0.05) is 30.2 Å². The first-order valence-corrected chi connectivity index (χ1v) is 7.95. The lowest BCUT2D eigenvalue weighted by Crippen LogP contribution is -2.19. The van der Waals surface area contributed by atoms with Crippen molar-refractivity contribution in [2.24, 2.45) is 0 Å². The maximum atomic E-state index is 11.9. The fourth-order valence-corrected chi connectivity index (χ4v) is 3.26. The smallest absolute Gasteiger partial charge is 0.351 e. The molecule has 0 spiro atoms. The number of nitrogens with zero attached hydrogens (tertiary/aromatic N) is 1. The molecule has 128 valence electrons. The van der Waals surface area contributed by atoms with Crippen LogP contribution >= 0.6 is 0 Å². The second-order valence-electron chi connectivity index (χ2n) is 6.18. The van der Waals surface area contributed by atoms with Gasteiger partial charge in [-0.15, -0.1) is 0 Å². The van der Waals surface area contributed by atoms with Gasteiger partial charge in [-0.25, -0.2) is 9.59 Å². The highest BCUT2D eigenvalue weighted by molar-refractivity contribution is 5.94. The number of anilines is 1. The van der Waals surface area contributed by atoms with Gasteiger partial charge in [-0.1, -0.05) is 30.3 Å². The van der Waals surface area contributed by atoms with Crippen molar-refractivity contribution in [1.82, 2.24) is 0 Å². The van der Waals surface area contributed by atoms with Crippen LogP contribution in [0.3, 0.4) is 0 Å². The summed E-state index contributed by atoms with van der Waals surface area (Å²) in [5.74, 6) is -1.28. The summed E-state index contributed by atoms with van der Waals surface area (Å²) >= 11 is 0. The zero-order valence-electron chi connectivity index (χ0n) is 14.4. The number of aromatic carboxylic acids is 1. The van der Waals surface area contributed by atoms with Crippen molar-refractivity contribution >= 4 is 22.6 Å². The Hall–Kier alpha value is -3.08. The highest BCUT2D eigenvalue weighted by Gasteiger charge is 2.18. The number of fused-ring (bicyclic) bond motifs is 1. The predicted molar refractivity (Wildman–Crippen MR) is 97.5 cm³/mol. The molecule has 0 saturated carbocycles. The Kier molecular flexibility index (Phi) is 4.31. The van der Waals surface area contributed by atoms with E-state index in [4.69, 9.17) is 9.52 Å². The van der Waals surface area contributed by atoms with E-state index in [9.17, 15) is 9.59 Å². The van der Waals surface area contributed by atoms with Crippen LogP contribution in [0.25, 0.3) is 11.0 Å². The molecule has 3 rings (SSSR count). The Morgan fingerprint density at radius 3 is 2.48 bits per heavy atom. The summed E-state index contributed by atoms with van der Waals surface area (Å²) in [6.45, 7) is 4.57. The molecule has 5 nitrogen and oxygen atoms in total. The maximum absolute atomic E-state index is 11.9. The van der Waals surface area contributed by atoms with E-state index in [1.165, 1.54) is 11.6 Å².